The molecule has 0 radical (unpaired) electrons. The van der Waals surface area contributed by atoms with Crippen LogP contribution in [-0.4, -0.2) is 37.7 Å². The second-order valence-electron chi connectivity index (χ2n) is 10.0. The minimum Gasteiger partial charge on any atom is -0.367 e. The van der Waals surface area contributed by atoms with E-state index in [1.165, 1.54) is 0 Å². The average Bonchev–Trinajstić information content (AvgIpc) is 3.34. The molecule has 1 aliphatic rings. The van der Waals surface area contributed by atoms with Crippen LogP contribution in [0, 0.1) is 6.92 Å². The summed E-state index contributed by atoms with van der Waals surface area (Å²) in [4.78, 5) is 22.5. The number of aromatic nitrogens is 4. The number of aryl methyl sites for hydroxylation is 1. The first kappa shape index (κ1) is 25.2. The van der Waals surface area contributed by atoms with E-state index in [-0.39, 0.29) is 23.9 Å². The van der Waals surface area contributed by atoms with Gasteiger partial charge in [-0.1, -0.05) is 55.3 Å². The summed E-state index contributed by atoms with van der Waals surface area (Å²) in [5.41, 5.74) is 3.40. The van der Waals surface area contributed by atoms with Crippen LogP contribution in [0.5, 0.6) is 0 Å². The third-order valence-corrected chi connectivity index (χ3v) is 7.62. The standard InChI is InChI=1S/C29H33ClN6O/c1-4-19(3)26-34-27(23-17-31-36(28(23)35-26)25-8-6-5-7-24(25)30)32-21-13-15-22(16-14-21)33-29(37)20-11-9-18(2)10-12-20/h5-12,17,19,21-22H,4,13-16H2,1-3H3,(H,33,37)(H,32,34,35). The number of rotatable bonds is 7. The summed E-state index contributed by atoms with van der Waals surface area (Å²) in [6.45, 7) is 6.31. The zero-order valence-electron chi connectivity index (χ0n) is 21.5. The zero-order valence-corrected chi connectivity index (χ0v) is 22.3. The van der Waals surface area contributed by atoms with E-state index in [1.54, 1.807) is 4.68 Å². The molecule has 5 rings (SSSR count). The third-order valence-electron chi connectivity index (χ3n) is 7.30. The fourth-order valence-corrected chi connectivity index (χ4v) is 5.00. The first-order chi connectivity index (χ1) is 17.9. The lowest BCUT2D eigenvalue weighted by molar-refractivity contribution is 0.0926. The molecule has 0 bridgehead atoms. The van der Waals surface area contributed by atoms with Crippen LogP contribution in [0.15, 0.2) is 54.7 Å². The number of halogens is 1. The maximum Gasteiger partial charge on any atom is 0.251 e. The van der Waals surface area contributed by atoms with Gasteiger partial charge in [-0.05, 0) is 63.3 Å². The Morgan fingerprint density at radius 1 is 1.05 bits per heavy atom. The molecule has 37 heavy (non-hydrogen) atoms. The summed E-state index contributed by atoms with van der Waals surface area (Å²) >= 11 is 6.49. The number of hydrogen-bond acceptors (Lipinski definition) is 5. The molecule has 2 aromatic heterocycles. The molecule has 0 aliphatic heterocycles. The van der Waals surface area contributed by atoms with Gasteiger partial charge in [-0.15, -0.1) is 0 Å². The number of carbonyl (C=O) groups excluding carboxylic acids is 1. The minimum absolute atomic E-state index is 0.000833. The van der Waals surface area contributed by atoms with E-state index in [0.717, 1.165) is 66.0 Å². The molecule has 1 fully saturated rings. The molecule has 2 heterocycles. The molecule has 1 atom stereocenters. The van der Waals surface area contributed by atoms with Crippen molar-refractivity contribution >= 4 is 34.4 Å². The number of nitrogens with zero attached hydrogens (tertiary/aromatic N) is 4. The van der Waals surface area contributed by atoms with Crippen molar-refractivity contribution in [2.45, 2.75) is 70.9 Å². The quantitative estimate of drug-likeness (QED) is 0.295. The van der Waals surface area contributed by atoms with E-state index in [1.807, 2.05) is 61.7 Å². The smallest absolute Gasteiger partial charge is 0.251 e. The van der Waals surface area contributed by atoms with Gasteiger partial charge in [-0.2, -0.15) is 5.10 Å². The fraction of sp³-hybridized carbons (Fsp3) is 0.379. The largest absolute Gasteiger partial charge is 0.367 e. The van der Waals surface area contributed by atoms with Crippen LogP contribution in [0.2, 0.25) is 5.02 Å². The molecule has 8 heteroatoms. The van der Waals surface area contributed by atoms with E-state index in [2.05, 4.69) is 29.6 Å². The highest BCUT2D eigenvalue weighted by molar-refractivity contribution is 6.32. The minimum atomic E-state index is -0.000833. The number of hydrogen-bond donors (Lipinski definition) is 2. The Morgan fingerprint density at radius 3 is 2.46 bits per heavy atom. The van der Waals surface area contributed by atoms with E-state index in [9.17, 15) is 4.79 Å². The highest BCUT2D eigenvalue weighted by atomic mass is 35.5. The summed E-state index contributed by atoms with van der Waals surface area (Å²) in [7, 11) is 0. The summed E-state index contributed by atoms with van der Waals surface area (Å²) in [5.74, 6) is 1.82. The molecular weight excluding hydrogens is 484 g/mol. The number of benzene rings is 2. The molecule has 1 amide bonds. The van der Waals surface area contributed by atoms with Gasteiger partial charge in [0.2, 0.25) is 0 Å². The molecule has 0 saturated heterocycles. The van der Waals surface area contributed by atoms with Gasteiger partial charge in [-0.3, -0.25) is 4.79 Å². The number of nitrogens with one attached hydrogen (secondary N) is 2. The van der Waals surface area contributed by atoms with Crippen LogP contribution in [0.1, 0.15) is 73.6 Å². The van der Waals surface area contributed by atoms with Gasteiger partial charge in [0.25, 0.3) is 5.91 Å². The molecule has 1 aliphatic carbocycles. The second kappa shape index (κ2) is 10.9. The van der Waals surface area contributed by atoms with Gasteiger partial charge < -0.3 is 10.6 Å². The molecule has 4 aromatic rings. The maximum absolute atomic E-state index is 12.7. The average molecular weight is 517 g/mol. The van der Waals surface area contributed by atoms with Crippen molar-refractivity contribution < 1.29 is 4.79 Å². The van der Waals surface area contributed by atoms with Crippen molar-refractivity contribution in [1.29, 1.82) is 0 Å². The first-order valence-corrected chi connectivity index (χ1v) is 13.5. The Morgan fingerprint density at radius 2 is 1.76 bits per heavy atom. The predicted molar refractivity (Wildman–Crippen MR) is 149 cm³/mol. The maximum atomic E-state index is 12.7. The first-order valence-electron chi connectivity index (χ1n) is 13.1. The number of carbonyl (C=O) groups is 1. The Kier molecular flexibility index (Phi) is 7.42. The Bertz CT molecular complexity index is 1390. The molecule has 2 aromatic carbocycles. The number of amides is 1. The topological polar surface area (TPSA) is 84.7 Å². The van der Waals surface area contributed by atoms with Crippen LogP contribution < -0.4 is 10.6 Å². The zero-order chi connectivity index (χ0) is 25.9. The van der Waals surface area contributed by atoms with Crippen LogP contribution in [-0.2, 0) is 0 Å². The second-order valence-corrected chi connectivity index (χ2v) is 10.4. The molecular formula is C29H33ClN6O. The lowest BCUT2D eigenvalue weighted by Gasteiger charge is -2.30. The van der Waals surface area contributed by atoms with E-state index >= 15 is 0 Å². The molecule has 2 N–H and O–H groups in total. The SMILES string of the molecule is CCC(C)c1nc(NC2CCC(NC(=O)c3ccc(C)cc3)CC2)c2cnn(-c3ccccc3Cl)c2n1. The van der Waals surface area contributed by atoms with Gasteiger partial charge in [0.1, 0.15) is 11.6 Å². The lowest BCUT2D eigenvalue weighted by atomic mass is 9.91. The fourth-order valence-electron chi connectivity index (χ4n) is 4.79. The summed E-state index contributed by atoms with van der Waals surface area (Å²) < 4.78 is 1.80. The number of anilines is 1. The van der Waals surface area contributed by atoms with Crippen LogP contribution in [0.25, 0.3) is 16.7 Å². The summed E-state index contributed by atoms with van der Waals surface area (Å²) in [6.07, 6.45) is 6.48. The lowest BCUT2D eigenvalue weighted by Crippen LogP contribution is -2.40. The van der Waals surface area contributed by atoms with E-state index < -0.39 is 0 Å². The number of fused-ring (bicyclic) bond motifs is 1. The summed E-state index contributed by atoms with van der Waals surface area (Å²) in [5, 5.41) is 13.0. The number of para-hydroxylation sites is 1. The van der Waals surface area contributed by atoms with Crippen molar-refractivity contribution in [2.24, 2.45) is 0 Å². The van der Waals surface area contributed by atoms with Crippen LogP contribution in [0.3, 0.4) is 0 Å². The van der Waals surface area contributed by atoms with Crippen molar-refractivity contribution in [3.05, 3.63) is 76.7 Å². The Balaban J connectivity index is 1.33. The van der Waals surface area contributed by atoms with Crippen LogP contribution in [0.4, 0.5) is 5.82 Å². The van der Waals surface area contributed by atoms with Gasteiger partial charge in [0.15, 0.2) is 5.65 Å². The van der Waals surface area contributed by atoms with Crippen molar-refractivity contribution in [3.8, 4) is 5.69 Å². The highest BCUT2D eigenvalue weighted by Crippen LogP contribution is 2.30. The summed E-state index contributed by atoms with van der Waals surface area (Å²) in [6, 6.07) is 15.8. The molecule has 1 unspecified atom stereocenters. The van der Waals surface area contributed by atoms with Crippen LogP contribution >= 0.6 is 11.6 Å². The third kappa shape index (κ3) is 5.47. The van der Waals surface area contributed by atoms with Crippen molar-refractivity contribution in [2.75, 3.05) is 5.32 Å². The normalized spacial score (nSPS) is 18.5. The van der Waals surface area contributed by atoms with E-state index in [4.69, 9.17) is 21.6 Å². The Labute approximate surface area is 222 Å². The van der Waals surface area contributed by atoms with Crippen molar-refractivity contribution in [3.63, 3.8) is 0 Å². The molecule has 0 spiro atoms. The highest BCUT2D eigenvalue weighted by Gasteiger charge is 2.25. The van der Waals surface area contributed by atoms with Gasteiger partial charge in [0.05, 0.1) is 22.3 Å². The van der Waals surface area contributed by atoms with Gasteiger partial charge in [0, 0.05) is 23.6 Å². The van der Waals surface area contributed by atoms with Crippen molar-refractivity contribution in [1.82, 2.24) is 25.1 Å². The van der Waals surface area contributed by atoms with E-state index in [0.29, 0.717) is 10.6 Å². The molecule has 192 valence electrons. The monoisotopic (exact) mass is 516 g/mol. The van der Waals surface area contributed by atoms with Gasteiger partial charge in [-0.25, -0.2) is 14.6 Å². The predicted octanol–water partition coefficient (Wildman–Crippen LogP) is 6.44. The molecule has 1 saturated carbocycles. The van der Waals surface area contributed by atoms with Gasteiger partial charge >= 0.3 is 0 Å². The Hall–Kier alpha value is -3.45. The molecule has 7 nitrogen and oxygen atoms in total.